The first-order valence-corrected chi connectivity index (χ1v) is 8.08. The van der Waals surface area contributed by atoms with Gasteiger partial charge in [0.1, 0.15) is 0 Å². The van der Waals surface area contributed by atoms with Gasteiger partial charge in [-0.2, -0.15) is 22.0 Å². The number of aromatic nitrogens is 4. The molecule has 158 valence electrons. The summed E-state index contributed by atoms with van der Waals surface area (Å²) in [5.41, 5.74) is -1.77. The van der Waals surface area contributed by atoms with Gasteiger partial charge in [0, 0.05) is 19.4 Å². The van der Waals surface area contributed by atoms with Crippen LogP contribution < -0.4 is 0 Å². The van der Waals surface area contributed by atoms with Crippen LogP contribution in [0.1, 0.15) is 32.3 Å². The highest BCUT2D eigenvalue weighted by Crippen LogP contribution is 2.34. The van der Waals surface area contributed by atoms with Crippen molar-refractivity contribution in [3.8, 4) is 0 Å². The highest BCUT2D eigenvalue weighted by Gasteiger charge is 2.50. The summed E-state index contributed by atoms with van der Waals surface area (Å²) in [6.45, 7) is 6.45. The second-order valence-corrected chi connectivity index (χ2v) is 6.37. The molecule has 2 rings (SSSR count). The van der Waals surface area contributed by atoms with Crippen molar-refractivity contribution < 1.29 is 31.4 Å². The van der Waals surface area contributed by atoms with E-state index in [9.17, 15) is 22.0 Å². The Labute approximate surface area is 162 Å². The van der Waals surface area contributed by atoms with Crippen molar-refractivity contribution in [2.45, 2.75) is 38.7 Å². The van der Waals surface area contributed by atoms with E-state index in [0.29, 0.717) is 5.57 Å². The monoisotopic (exact) mass is 419 g/mol. The predicted octanol–water partition coefficient (Wildman–Crippen LogP) is 4.12. The van der Waals surface area contributed by atoms with E-state index in [1.54, 1.807) is 6.92 Å². The van der Waals surface area contributed by atoms with Gasteiger partial charge in [0.05, 0.1) is 11.9 Å². The predicted molar refractivity (Wildman–Crippen MR) is 94.2 cm³/mol. The van der Waals surface area contributed by atoms with Crippen molar-refractivity contribution in [1.29, 1.82) is 0 Å². The molecule has 0 aliphatic rings. The summed E-state index contributed by atoms with van der Waals surface area (Å²) in [5, 5.41) is 7.00. The van der Waals surface area contributed by atoms with Crippen molar-refractivity contribution in [2.24, 2.45) is 4.99 Å². The summed E-state index contributed by atoms with van der Waals surface area (Å²) in [5.74, 6) is -1.12. The first-order valence-electron chi connectivity index (χ1n) is 8.08. The van der Waals surface area contributed by atoms with Crippen LogP contribution in [-0.4, -0.2) is 45.2 Å². The van der Waals surface area contributed by atoms with E-state index in [-0.39, 0.29) is 17.2 Å². The van der Waals surface area contributed by atoms with Gasteiger partial charge >= 0.3 is 12.3 Å². The van der Waals surface area contributed by atoms with Gasteiger partial charge in [0.2, 0.25) is 11.7 Å². The molecule has 0 amide bonds. The first kappa shape index (κ1) is 22.4. The van der Waals surface area contributed by atoms with E-state index in [4.69, 9.17) is 4.74 Å². The molecule has 7 nitrogen and oxygen atoms in total. The zero-order valence-electron chi connectivity index (χ0n) is 16.0. The number of hydrogen-bond donors (Lipinski definition) is 0. The average molecular weight is 419 g/mol. The minimum absolute atomic E-state index is 0.0625. The molecule has 2 aromatic heterocycles. The molecule has 2 heterocycles. The van der Waals surface area contributed by atoms with Crippen LogP contribution >= 0.6 is 0 Å². The zero-order chi connectivity index (χ0) is 22.0. The number of aliphatic imine (C=N–C) groups is 1. The van der Waals surface area contributed by atoms with E-state index in [0.717, 1.165) is 25.4 Å². The van der Waals surface area contributed by atoms with Crippen LogP contribution in [0.15, 0.2) is 35.4 Å². The highest BCUT2D eigenvalue weighted by atomic mass is 19.4. The van der Waals surface area contributed by atoms with Crippen molar-refractivity contribution >= 4 is 17.9 Å². The van der Waals surface area contributed by atoms with Gasteiger partial charge < -0.3 is 9.47 Å². The molecule has 0 aliphatic carbocycles. The third-order valence-electron chi connectivity index (χ3n) is 3.89. The minimum Gasteiger partial charge on any atom is -0.462 e. The largest absolute Gasteiger partial charge is 0.462 e. The molecular formula is C17H18F5N5O2. The molecule has 0 spiro atoms. The van der Waals surface area contributed by atoms with Crippen LogP contribution in [-0.2, 0) is 15.6 Å². The van der Waals surface area contributed by atoms with Crippen LogP contribution in [0, 0.1) is 0 Å². The number of nitrogens with zero attached hydrogens (tertiary/aromatic N) is 5. The number of hydrogen-bond acceptors (Lipinski definition) is 6. The average Bonchev–Trinajstić information content (AvgIpc) is 3.07. The summed E-state index contributed by atoms with van der Waals surface area (Å²) in [4.78, 5) is 7.51. The van der Waals surface area contributed by atoms with Crippen molar-refractivity contribution in [2.75, 3.05) is 7.11 Å². The van der Waals surface area contributed by atoms with Gasteiger partial charge in [-0.3, -0.25) is 9.38 Å². The molecule has 0 atom stereocenters. The summed E-state index contributed by atoms with van der Waals surface area (Å²) >= 11 is 0. The summed E-state index contributed by atoms with van der Waals surface area (Å²) in [6.07, 6.45) is -3.30. The van der Waals surface area contributed by atoms with Crippen molar-refractivity contribution in [3.63, 3.8) is 0 Å². The maximum atomic E-state index is 13.8. The molecule has 0 N–H and O–H groups in total. The van der Waals surface area contributed by atoms with E-state index in [1.165, 1.54) is 24.5 Å². The third kappa shape index (κ3) is 4.75. The van der Waals surface area contributed by atoms with Crippen LogP contribution in [0.5, 0.6) is 0 Å². The Morgan fingerprint density at radius 3 is 2.38 bits per heavy atom. The topological polar surface area (TPSA) is 73.9 Å². The lowest BCUT2D eigenvalue weighted by atomic mass is 10.1. The number of ether oxygens (including phenoxy) is 2. The fourth-order valence-corrected chi connectivity index (χ4v) is 2.01. The molecule has 0 aromatic carbocycles. The van der Waals surface area contributed by atoms with Gasteiger partial charge in [0.15, 0.2) is 11.2 Å². The fraction of sp³-hybridized carbons (Fsp3) is 0.412. The molecule has 2 aromatic rings. The molecule has 29 heavy (non-hydrogen) atoms. The second-order valence-electron chi connectivity index (χ2n) is 6.37. The molecule has 0 saturated carbocycles. The Morgan fingerprint density at radius 2 is 1.83 bits per heavy atom. The number of alkyl halides is 5. The Morgan fingerprint density at radius 1 is 1.17 bits per heavy atom. The van der Waals surface area contributed by atoms with Gasteiger partial charge in [-0.1, -0.05) is 6.08 Å². The van der Waals surface area contributed by atoms with Crippen LogP contribution in [0.2, 0.25) is 0 Å². The molecule has 0 radical (unpaired) electrons. The lowest BCUT2D eigenvalue weighted by molar-refractivity contribution is -0.251. The zero-order valence-corrected chi connectivity index (χ0v) is 16.0. The van der Waals surface area contributed by atoms with Crippen LogP contribution in [0.25, 0.3) is 11.2 Å². The van der Waals surface area contributed by atoms with E-state index in [2.05, 4.69) is 31.6 Å². The first-order chi connectivity index (χ1) is 13.3. The van der Waals surface area contributed by atoms with Crippen LogP contribution in [0.4, 0.5) is 22.0 Å². The van der Waals surface area contributed by atoms with Gasteiger partial charge in [0.25, 0.3) is 0 Å². The van der Waals surface area contributed by atoms with E-state index >= 15 is 0 Å². The summed E-state index contributed by atoms with van der Waals surface area (Å²) in [6, 6.07) is 0. The number of rotatable bonds is 7. The summed E-state index contributed by atoms with van der Waals surface area (Å²) in [7, 11) is 0.825. The van der Waals surface area contributed by atoms with Crippen LogP contribution in [0.3, 0.4) is 0 Å². The van der Waals surface area contributed by atoms with E-state index in [1.807, 2.05) is 0 Å². The Hall–Kier alpha value is -2.89. The Bertz CT molecular complexity index is 963. The molecule has 0 unspecified atom stereocenters. The maximum absolute atomic E-state index is 13.8. The van der Waals surface area contributed by atoms with Crippen molar-refractivity contribution in [3.05, 3.63) is 41.9 Å². The third-order valence-corrected chi connectivity index (χ3v) is 3.89. The number of halogens is 5. The molecule has 12 heteroatoms. The Balaban J connectivity index is 2.37. The van der Waals surface area contributed by atoms with E-state index < -0.39 is 23.7 Å². The lowest BCUT2D eigenvalue weighted by Gasteiger charge is -2.28. The number of allylic oxidation sites excluding steroid dienone is 3. The molecule has 0 aliphatic heterocycles. The normalized spacial score (nSPS) is 14.4. The second kappa shape index (κ2) is 7.85. The standard InChI is InChI=1S/C17H18F5N5O2/c1-10(6-7-13(23-4)29-15(2,3)17(20,21)22)11-9-27-12(8-24-11)25-26-14(27)16(18,19)28-5/h6-9H,4H2,1-3,5H3/b10-6+,13-7+. The highest BCUT2D eigenvalue weighted by molar-refractivity contribution is 5.62. The number of fused-ring (bicyclic) bond motifs is 1. The smallest absolute Gasteiger partial charge is 0.427 e. The number of methoxy groups -OCH3 is 1. The van der Waals surface area contributed by atoms with Gasteiger partial charge in [-0.15, -0.1) is 10.2 Å². The Kier molecular flexibility index (Phi) is 6.07. The van der Waals surface area contributed by atoms with Gasteiger partial charge in [-0.05, 0) is 33.1 Å². The maximum Gasteiger partial charge on any atom is 0.427 e. The molecule has 0 bridgehead atoms. The van der Waals surface area contributed by atoms with Crippen molar-refractivity contribution in [1.82, 2.24) is 19.6 Å². The summed E-state index contributed by atoms with van der Waals surface area (Å²) < 4.78 is 76.5. The van der Waals surface area contributed by atoms with Gasteiger partial charge in [-0.25, -0.2) is 4.99 Å². The quantitative estimate of drug-likeness (QED) is 0.292. The molecular weight excluding hydrogens is 401 g/mol. The molecule has 0 fully saturated rings. The lowest BCUT2D eigenvalue weighted by Crippen LogP contribution is -2.41. The fourth-order valence-electron chi connectivity index (χ4n) is 2.01. The SMILES string of the molecule is C=N/C(=C\C=C(/C)c1cn2c(C(F)(F)OC)nnc2cn1)OC(C)(C)C(F)(F)F. The minimum atomic E-state index is -4.63. The molecule has 0 saturated heterocycles.